The fourth-order valence-corrected chi connectivity index (χ4v) is 0.701. The van der Waals surface area contributed by atoms with Crippen molar-refractivity contribution in [2.24, 2.45) is 11.7 Å². The van der Waals surface area contributed by atoms with E-state index in [9.17, 15) is 4.79 Å². The van der Waals surface area contributed by atoms with Gasteiger partial charge in [-0.2, -0.15) is 0 Å². The Balaban J connectivity index is 2.84. The molecule has 0 aliphatic rings. The van der Waals surface area contributed by atoms with Crippen LogP contribution in [-0.2, 0) is 0 Å². The first-order chi connectivity index (χ1) is 5.11. The van der Waals surface area contributed by atoms with Gasteiger partial charge in [0.15, 0.2) is 5.82 Å². The fourth-order valence-electron chi connectivity index (χ4n) is 0.701. The van der Waals surface area contributed by atoms with Crippen molar-refractivity contribution in [2.75, 3.05) is 0 Å². The highest BCUT2D eigenvalue weighted by Crippen LogP contribution is 2.12. The van der Waals surface area contributed by atoms with Crippen molar-refractivity contribution >= 4 is 0 Å². The number of nitrogens with zero attached hydrogens (tertiary/aromatic N) is 1. The molecule has 0 bridgehead atoms. The summed E-state index contributed by atoms with van der Waals surface area (Å²) in [5, 5.41) is 3.47. The van der Waals surface area contributed by atoms with Crippen molar-refractivity contribution < 1.29 is 4.52 Å². The summed E-state index contributed by atoms with van der Waals surface area (Å²) in [6.07, 6.45) is 0. The quantitative estimate of drug-likeness (QED) is 0.633. The van der Waals surface area contributed by atoms with E-state index in [2.05, 4.69) is 14.7 Å². The first kappa shape index (κ1) is 8.00. The van der Waals surface area contributed by atoms with E-state index < -0.39 is 5.76 Å². The van der Waals surface area contributed by atoms with Crippen LogP contribution < -0.4 is 11.5 Å². The van der Waals surface area contributed by atoms with Gasteiger partial charge in [0.1, 0.15) is 0 Å². The second-order valence-electron chi connectivity index (χ2n) is 2.75. The number of aromatic nitrogens is 2. The maximum atomic E-state index is 10.5. The van der Waals surface area contributed by atoms with Crippen LogP contribution in [-0.4, -0.2) is 10.1 Å². The van der Waals surface area contributed by atoms with Crippen LogP contribution in [0, 0.1) is 5.92 Å². The van der Waals surface area contributed by atoms with Crippen LogP contribution in [0.5, 0.6) is 0 Å². The normalized spacial score (nSPS) is 13.8. The molecule has 11 heavy (non-hydrogen) atoms. The van der Waals surface area contributed by atoms with Gasteiger partial charge in [-0.25, -0.2) is 4.79 Å². The topological polar surface area (TPSA) is 84.9 Å². The maximum Gasteiger partial charge on any atom is 0.438 e. The smallest absolute Gasteiger partial charge is 0.321 e. The second-order valence-corrected chi connectivity index (χ2v) is 2.75. The van der Waals surface area contributed by atoms with Gasteiger partial charge in [0.2, 0.25) is 0 Å². The predicted molar refractivity (Wildman–Crippen MR) is 38.9 cm³/mol. The number of aromatic amines is 1. The minimum Gasteiger partial charge on any atom is -0.321 e. The first-order valence-electron chi connectivity index (χ1n) is 3.42. The highest BCUT2D eigenvalue weighted by atomic mass is 16.5. The Morgan fingerprint density at radius 3 is 2.64 bits per heavy atom. The third-order valence-corrected chi connectivity index (χ3v) is 1.49. The van der Waals surface area contributed by atoms with Crippen molar-refractivity contribution in [3.63, 3.8) is 0 Å². The van der Waals surface area contributed by atoms with E-state index in [1.165, 1.54) is 0 Å². The molecular weight excluding hydrogens is 146 g/mol. The summed E-state index contributed by atoms with van der Waals surface area (Å²) in [6, 6.07) is -0.263. The zero-order valence-corrected chi connectivity index (χ0v) is 6.50. The molecule has 0 aliphatic carbocycles. The lowest BCUT2D eigenvalue weighted by Crippen LogP contribution is -2.18. The molecule has 1 aromatic heterocycles. The van der Waals surface area contributed by atoms with Crippen LogP contribution in [0.4, 0.5) is 0 Å². The molecule has 1 unspecified atom stereocenters. The van der Waals surface area contributed by atoms with E-state index in [-0.39, 0.29) is 12.0 Å². The molecule has 0 fully saturated rings. The first-order valence-corrected chi connectivity index (χ1v) is 3.42. The van der Waals surface area contributed by atoms with E-state index in [1.807, 2.05) is 13.8 Å². The van der Waals surface area contributed by atoms with Gasteiger partial charge in [-0.3, -0.25) is 9.51 Å². The zero-order chi connectivity index (χ0) is 8.43. The highest BCUT2D eigenvalue weighted by molar-refractivity contribution is 4.89. The van der Waals surface area contributed by atoms with Gasteiger partial charge in [0, 0.05) is 0 Å². The van der Waals surface area contributed by atoms with Gasteiger partial charge in [-0.1, -0.05) is 19.0 Å². The lowest BCUT2D eigenvalue weighted by atomic mass is 10.1. The van der Waals surface area contributed by atoms with Crippen LogP contribution in [0.15, 0.2) is 9.32 Å². The summed E-state index contributed by atoms with van der Waals surface area (Å²) in [4.78, 5) is 12.9. The van der Waals surface area contributed by atoms with Gasteiger partial charge in [-0.15, -0.1) is 0 Å². The molecule has 0 aliphatic heterocycles. The molecule has 0 amide bonds. The van der Waals surface area contributed by atoms with Gasteiger partial charge in [0.05, 0.1) is 6.04 Å². The van der Waals surface area contributed by atoms with Gasteiger partial charge in [-0.05, 0) is 5.92 Å². The number of hydrogen-bond acceptors (Lipinski definition) is 4. The minimum absolute atomic E-state index is 0.232. The van der Waals surface area contributed by atoms with E-state index in [0.29, 0.717) is 5.82 Å². The van der Waals surface area contributed by atoms with E-state index >= 15 is 0 Å². The molecule has 0 spiro atoms. The molecule has 0 saturated heterocycles. The summed E-state index contributed by atoms with van der Waals surface area (Å²) < 4.78 is 4.29. The average Bonchev–Trinajstić information content (AvgIpc) is 2.34. The lowest BCUT2D eigenvalue weighted by Gasteiger charge is -2.09. The van der Waals surface area contributed by atoms with Crippen LogP contribution in [0.1, 0.15) is 25.7 Å². The van der Waals surface area contributed by atoms with Crippen molar-refractivity contribution in [3.05, 3.63) is 16.4 Å². The van der Waals surface area contributed by atoms with Gasteiger partial charge in [0.25, 0.3) is 0 Å². The maximum absolute atomic E-state index is 10.5. The molecule has 0 saturated carbocycles. The van der Waals surface area contributed by atoms with Crippen molar-refractivity contribution in [1.82, 2.24) is 10.1 Å². The summed E-state index contributed by atoms with van der Waals surface area (Å²) >= 11 is 0. The van der Waals surface area contributed by atoms with E-state index in [4.69, 9.17) is 5.73 Å². The molecule has 5 nitrogen and oxygen atoms in total. The standard InChI is InChI=1S/C6H11N3O2/c1-3(2)4(7)5-8-6(10)11-9-5/h3-4H,7H2,1-2H3,(H,8,9,10). The Hall–Kier alpha value is -1.10. The summed E-state index contributed by atoms with van der Waals surface area (Å²) in [7, 11) is 0. The lowest BCUT2D eigenvalue weighted by molar-refractivity contribution is 0.369. The van der Waals surface area contributed by atoms with E-state index in [0.717, 1.165) is 0 Å². The molecule has 1 heterocycles. The molecule has 1 aromatic rings. The SMILES string of the molecule is CC(C)C(N)c1noc(=O)[nH]1. The molecule has 1 atom stereocenters. The Morgan fingerprint density at radius 2 is 2.27 bits per heavy atom. The molecule has 62 valence electrons. The Morgan fingerprint density at radius 1 is 1.64 bits per heavy atom. The predicted octanol–water partition coefficient (Wildman–Crippen LogP) is 0.0187. The van der Waals surface area contributed by atoms with Gasteiger partial charge >= 0.3 is 5.76 Å². The molecule has 0 radical (unpaired) electrons. The average molecular weight is 157 g/mol. The second kappa shape index (κ2) is 2.87. The largest absolute Gasteiger partial charge is 0.438 e. The molecule has 1 rings (SSSR count). The number of nitrogens with two attached hydrogens (primary N) is 1. The van der Waals surface area contributed by atoms with Crippen molar-refractivity contribution in [2.45, 2.75) is 19.9 Å². The monoisotopic (exact) mass is 157 g/mol. The van der Waals surface area contributed by atoms with Crippen molar-refractivity contribution in [1.29, 1.82) is 0 Å². The van der Waals surface area contributed by atoms with Crippen molar-refractivity contribution in [3.8, 4) is 0 Å². The third kappa shape index (κ3) is 1.68. The molecular formula is C6H11N3O2. The Bertz CT molecular complexity index is 275. The van der Waals surface area contributed by atoms with Crippen LogP contribution in [0.3, 0.4) is 0 Å². The number of rotatable bonds is 2. The molecule has 5 heteroatoms. The zero-order valence-electron chi connectivity index (χ0n) is 6.50. The molecule has 3 N–H and O–H groups in total. The molecule has 0 aromatic carbocycles. The Labute approximate surface area is 63.6 Å². The number of H-pyrrole nitrogens is 1. The highest BCUT2D eigenvalue weighted by Gasteiger charge is 2.14. The van der Waals surface area contributed by atoms with Crippen LogP contribution >= 0.6 is 0 Å². The minimum atomic E-state index is -0.559. The fraction of sp³-hybridized carbons (Fsp3) is 0.667. The van der Waals surface area contributed by atoms with Crippen LogP contribution in [0.25, 0.3) is 0 Å². The summed E-state index contributed by atoms with van der Waals surface area (Å²) in [5.41, 5.74) is 5.66. The Kier molecular flexibility index (Phi) is 2.09. The van der Waals surface area contributed by atoms with E-state index in [1.54, 1.807) is 0 Å². The van der Waals surface area contributed by atoms with Gasteiger partial charge < -0.3 is 5.73 Å². The number of hydrogen-bond donors (Lipinski definition) is 2. The summed E-state index contributed by atoms with van der Waals surface area (Å²) in [6.45, 7) is 3.88. The van der Waals surface area contributed by atoms with Crippen LogP contribution in [0.2, 0.25) is 0 Å². The summed E-state index contributed by atoms with van der Waals surface area (Å²) in [5.74, 6) is 0.0804. The third-order valence-electron chi connectivity index (χ3n) is 1.49. The number of nitrogens with one attached hydrogen (secondary N) is 1.